The maximum Gasteiger partial charge on any atom is 0.387 e. The minimum atomic E-state index is -2.91. The first-order valence-electron chi connectivity index (χ1n) is 6.90. The zero-order chi connectivity index (χ0) is 17.4. The normalized spacial score (nSPS) is 10.8. The van der Waals surface area contributed by atoms with Gasteiger partial charge in [-0.1, -0.05) is 24.3 Å². The molecule has 0 fully saturated rings. The van der Waals surface area contributed by atoms with Crippen LogP contribution in [-0.2, 0) is 6.54 Å². The Hall–Kier alpha value is -2.61. The number of hydrogen-bond donors (Lipinski definition) is 2. The molecule has 0 saturated carbocycles. The lowest BCUT2D eigenvalue weighted by molar-refractivity contribution is -0.0499. The lowest BCUT2D eigenvalue weighted by Gasteiger charge is -2.08. The van der Waals surface area contributed by atoms with Crippen molar-refractivity contribution in [3.05, 3.63) is 65.5 Å². The summed E-state index contributed by atoms with van der Waals surface area (Å²) in [6.45, 7) is -2.52. The topological polar surface area (TPSA) is 45.7 Å². The van der Waals surface area contributed by atoms with E-state index in [0.717, 1.165) is 5.56 Å². The Bertz CT molecular complexity index is 708. The summed E-state index contributed by atoms with van der Waals surface area (Å²) in [5.74, 6) is -0.294. The van der Waals surface area contributed by atoms with E-state index in [0.29, 0.717) is 12.1 Å². The maximum absolute atomic E-state index is 12.8. The molecule has 0 atom stereocenters. The Kier molecular flexibility index (Phi) is 6.56. The molecule has 0 spiro atoms. The number of benzene rings is 2. The van der Waals surface area contributed by atoms with Gasteiger partial charge in [0.05, 0.1) is 6.21 Å². The Labute approximate surface area is 142 Å². The predicted octanol–water partition coefficient (Wildman–Crippen LogP) is 3.43. The fourth-order valence-corrected chi connectivity index (χ4v) is 1.90. The minimum absolute atomic E-state index is 0.0169. The molecule has 2 rings (SSSR count). The van der Waals surface area contributed by atoms with Crippen LogP contribution in [0.3, 0.4) is 0 Å². The number of ether oxygens (including phenoxy) is 1. The molecule has 0 aromatic heterocycles. The third-order valence-corrected chi connectivity index (χ3v) is 3.11. The van der Waals surface area contributed by atoms with Gasteiger partial charge in [-0.25, -0.2) is 4.39 Å². The average Bonchev–Trinajstić information content (AvgIpc) is 2.55. The van der Waals surface area contributed by atoms with E-state index < -0.39 is 6.61 Å². The predicted molar refractivity (Wildman–Crippen MR) is 89.6 cm³/mol. The summed E-state index contributed by atoms with van der Waals surface area (Å²) in [6.07, 6.45) is 1.32. The van der Waals surface area contributed by atoms with Crippen LogP contribution in [0.5, 0.6) is 5.75 Å². The highest BCUT2D eigenvalue weighted by Gasteiger charge is 2.07. The summed E-state index contributed by atoms with van der Waals surface area (Å²) in [5, 5.41) is 7.00. The number of nitrogens with zero attached hydrogens (tertiary/aromatic N) is 1. The minimum Gasteiger partial charge on any atom is -0.434 e. The Morgan fingerprint density at radius 1 is 1.17 bits per heavy atom. The SMILES string of the molecule is Fc1ccc(CNC(=S)N/N=C\c2ccccc2OC(F)F)cc1. The second-order valence-corrected chi connectivity index (χ2v) is 5.00. The van der Waals surface area contributed by atoms with E-state index in [-0.39, 0.29) is 16.7 Å². The number of alkyl halides is 2. The molecule has 8 heteroatoms. The van der Waals surface area contributed by atoms with Crippen molar-refractivity contribution in [3.8, 4) is 5.75 Å². The van der Waals surface area contributed by atoms with Gasteiger partial charge in [-0.2, -0.15) is 13.9 Å². The van der Waals surface area contributed by atoms with Gasteiger partial charge >= 0.3 is 6.61 Å². The Morgan fingerprint density at radius 2 is 1.88 bits per heavy atom. The van der Waals surface area contributed by atoms with E-state index in [9.17, 15) is 13.2 Å². The molecule has 0 aliphatic heterocycles. The van der Waals surface area contributed by atoms with E-state index >= 15 is 0 Å². The Morgan fingerprint density at radius 3 is 2.58 bits per heavy atom. The van der Waals surface area contributed by atoms with Crippen molar-refractivity contribution in [2.75, 3.05) is 0 Å². The molecule has 0 unspecified atom stereocenters. The number of para-hydroxylation sites is 1. The fourth-order valence-electron chi connectivity index (χ4n) is 1.78. The van der Waals surface area contributed by atoms with Gasteiger partial charge in [-0.3, -0.25) is 5.43 Å². The number of halogens is 3. The fraction of sp³-hybridized carbons (Fsp3) is 0.125. The van der Waals surface area contributed by atoms with Gasteiger partial charge < -0.3 is 10.1 Å². The molecule has 0 radical (unpaired) electrons. The van der Waals surface area contributed by atoms with Crippen molar-refractivity contribution in [3.63, 3.8) is 0 Å². The molecule has 2 aromatic carbocycles. The summed E-state index contributed by atoms with van der Waals surface area (Å²) in [7, 11) is 0. The van der Waals surface area contributed by atoms with Crippen molar-refractivity contribution in [1.29, 1.82) is 0 Å². The molecular formula is C16H14F3N3OS. The monoisotopic (exact) mass is 353 g/mol. The first kappa shape index (κ1) is 17.7. The molecule has 0 saturated heterocycles. The second kappa shape index (κ2) is 8.88. The first-order valence-corrected chi connectivity index (χ1v) is 7.30. The smallest absolute Gasteiger partial charge is 0.387 e. The van der Waals surface area contributed by atoms with Crippen molar-refractivity contribution in [2.45, 2.75) is 13.2 Å². The molecule has 126 valence electrons. The van der Waals surface area contributed by atoms with Gasteiger partial charge in [0.25, 0.3) is 0 Å². The van der Waals surface area contributed by atoms with Gasteiger partial charge in [0.1, 0.15) is 11.6 Å². The Balaban J connectivity index is 1.85. The van der Waals surface area contributed by atoms with Crippen LogP contribution in [0.25, 0.3) is 0 Å². The zero-order valence-corrected chi connectivity index (χ0v) is 13.2. The molecular weight excluding hydrogens is 339 g/mol. The van der Waals surface area contributed by atoms with E-state index in [4.69, 9.17) is 12.2 Å². The van der Waals surface area contributed by atoms with Crippen LogP contribution in [-0.4, -0.2) is 17.9 Å². The van der Waals surface area contributed by atoms with Crippen LogP contribution < -0.4 is 15.5 Å². The van der Waals surface area contributed by atoms with E-state index in [2.05, 4.69) is 20.6 Å². The molecule has 0 aliphatic rings. The molecule has 0 aliphatic carbocycles. The van der Waals surface area contributed by atoms with Crippen LogP contribution in [0.4, 0.5) is 13.2 Å². The summed E-state index contributed by atoms with van der Waals surface area (Å²) in [6, 6.07) is 12.2. The van der Waals surface area contributed by atoms with E-state index in [1.165, 1.54) is 24.4 Å². The van der Waals surface area contributed by atoms with Crippen LogP contribution >= 0.6 is 12.2 Å². The third kappa shape index (κ3) is 5.88. The van der Waals surface area contributed by atoms with Crippen LogP contribution in [0.2, 0.25) is 0 Å². The number of rotatable bonds is 6. The van der Waals surface area contributed by atoms with Crippen molar-refractivity contribution >= 4 is 23.5 Å². The lowest BCUT2D eigenvalue weighted by atomic mass is 10.2. The van der Waals surface area contributed by atoms with Crippen molar-refractivity contribution in [1.82, 2.24) is 10.7 Å². The first-order chi connectivity index (χ1) is 11.5. The van der Waals surface area contributed by atoms with Crippen molar-refractivity contribution in [2.24, 2.45) is 5.10 Å². The number of hydrazone groups is 1. The van der Waals surface area contributed by atoms with Gasteiger partial charge in [-0.15, -0.1) is 0 Å². The molecule has 24 heavy (non-hydrogen) atoms. The van der Waals surface area contributed by atoms with E-state index in [1.807, 2.05) is 0 Å². The molecule has 0 amide bonds. The highest BCUT2D eigenvalue weighted by atomic mass is 32.1. The third-order valence-electron chi connectivity index (χ3n) is 2.87. The number of thiocarbonyl (C=S) groups is 1. The highest BCUT2D eigenvalue weighted by molar-refractivity contribution is 7.80. The lowest BCUT2D eigenvalue weighted by Crippen LogP contribution is -2.31. The molecule has 2 aromatic rings. The molecule has 4 nitrogen and oxygen atoms in total. The molecule has 0 bridgehead atoms. The van der Waals surface area contributed by atoms with Crippen LogP contribution in [0, 0.1) is 5.82 Å². The number of nitrogens with one attached hydrogen (secondary N) is 2. The van der Waals surface area contributed by atoms with Gasteiger partial charge in [0.2, 0.25) is 0 Å². The average molecular weight is 353 g/mol. The number of hydrogen-bond acceptors (Lipinski definition) is 3. The largest absolute Gasteiger partial charge is 0.434 e. The maximum atomic E-state index is 12.8. The van der Waals surface area contributed by atoms with Gasteiger partial charge in [0, 0.05) is 12.1 Å². The summed E-state index contributed by atoms with van der Waals surface area (Å²) < 4.78 is 41.8. The summed E-state index contributed by atoms with van der Waals surface area (Å²) in [4.78, 5) is 0. The van der Waals surface area contributed by atoms with Crippen molar-refractivity contribution < 1.29 is 17.9 Å². The van der Waals surface area contributed by atoms with Gasteiger partial charge in [-0.05, 0) is 42.0 Å². The summed E-state index contributed by atoms with van der Waals surface area (Å²) in [5.41, 5.74) is 3.79. The second-order valence-electron chi connectivity index (χ2n) is 4.60. The van der Waals surface area contributed by atoms with Crippen LogP contribution in [0.15, 0.2) is 53.6 Å². The molecule has 0 heterocycles. The van der Waals surface area contributed by atoms with E-state index in [1.54, 1.807) is 30.3 Å². The quantitative estimate of drug-likeness (QED) is 0.475. The van der Waals surface area contributed by atoms with Gasteiger partial charge in [0.15, 0.2) is 5.11 Å². The zero-order valence-electron chi connectivity index (χ0n) is 12.4. The molecule has 2 N–H and O–H groups in total. The standard InChI is InChI=1S/C16H14F3N3OS/c17-13-7-5-11(6-8-13)9-20-16(24)22-21-10-12-3-1-2-4-14(12)23-15(18)19/h1-8,10,15H,9H2,(H2,20,22,24)/b21-10-. The summed E-state index contributed by atoms with van der Waals surface area (Å²) >= 11 is 5.04. The van der Waals surface area contributed by atoms with Crippen LogP contribution in [0.1, 0.15) is 11.1 Å². The highest BCUT2D eigenvalue weighted by Crippen LogP contribution is 2.18.